The van der Waals surface area contributed by atoms with Gasteiger partial charge in [-0.25, -0.2) is 9.18 Å². The molecule has 2 aromatic carbocycles. The highest BCUT2D eigenvalue weighted by molar-refractivity contribution is 5.88. The maximum atomic E-state index is 12.8. The number of carbonyl (C=O) groups is 1. The molecule has 0 radical (unpaired) electrons. The molecule has 22 heavy (non-hydrogen) atoms. The lowest BCUT2D eigenvalue weighted by atomic mass is 10.1. The lowest BCUT2D eigenvalue weighted by molar-refractivity contribution is 0.0697. The summed E-state index contributed by atoms with van der Waals surface area (Å²) in [6.45, 7) is 0.375. The van der Waals surface area contributed by atoms with Crippen LogP contribution in [0.2, 0.25) is 0 Å². The van der Waals surface area contributed by atoms with Crippen LogP contribution < -0.4 is 0 Å². The highest BCUT2D eigenvalue weighted by Gasteiger charge is 2.08. The number of aromatic nitrogens is 4. The molecular formula is C15H11FN4O2. The first-order chi connectivity index (χ1) is 10.6. The quantitative estimate of drug-likeness (QED) is 0.798. The Labute approximate surface area is 124 Å². The number of hydrogen-bond acceptors (Lipinski definition) is 4. The van der Waals surface area contributed by atoms with Crippen molar-refractivity contribution in [3.63, 3.8) is 0 Å². The fourth-order valence-electron chi connectivity index (χ4n) is 1.94. The Morgan fingerprint density at radius 1 is 1.09 bits per heavy atom. The summed E-state index contributed by atoms with van der Waals surface area (Å²) in [5.41, 5.74) is 1.73. The lowest BCUT2D eigenvalue weighted by Gasteiger charge is -1.99. The molecule has 1 aromatic heterocycles. The molecule has 0 aliphatic heterocycles. The van der Waals surface area contributed by atoms with Gasteiger partial charge in [-0.2, -0.15) is 4.80 Å². The molecule has 0 saturated heterocycles. The topological polar surface area (TPSA) is 80.9 Å². The number of hydrogen-bond donors (Lipinski definition) is 1. The van der Waals surface area contributed by atoms with E-state index in [2.05, 4.69) is 15.4 Å². The van der Waals surface area contributed by atoms with Crippen LogP contribution in [0.25, 0.3) is 11.4 Å². The Morgan fingerprint density at radius 2 is 1.77 bits per heavy atom. The van der Waals surface area contributed by atoms with E-state index in [0.29, 0.717) is 17.9 Å². The molecule has 3 rings (SSSR count). The first kappa shape index (κ1) is 13.9. The molecule has 0 amide bonds. The van der Waals surface area contributed by atoms with Crippen molar-refractivity contribution in [3.05, 3.63) is 65.5 Å². The first-order valence-corrected chi connectivity index (χ1v) is 6.48. The molecule has 0 fully saturated rings. The van der Waals surface area contributed by atoms with E-state index in [9.17, 15) is 9.18 Å². The number of benzene rings is 2. The van der Waals surface area contributed by atoms with Crippen LogP contribution in [0.3, 0.4) is 0 Å². The van der Waals surface area contributed by atoms with Crippen LogP contribution in [-0.4, -0.2) is 31.3 Å². The number of nitrogens with zero attached hydrogens (tertiary/aromatic N) is 4. The second kappa shape index (κ2) is 5.72. The summed E-state index contributed by atoms with van der Waals surface area (Å²) < 4.78 is 12.8. The molecule has 1 heterocycles. The van der Waals surface area contributed by atoms with Gasteiger partial charge in [0.2, 0.25) is 5.82 Å². The third kappa shape index (κ3) is 2.98. The summed E-state index contributed by atoms with van der Waals surface area (Å²) in [7, 11) is 0. The van der Waals surface area contributed by atoms with Crippen molar-refractivity contribution in [2.45, 2.75) is 6.54 Å². The van der Waals surface area contributed by atoms with E-state index < -0.39 is 5.97 Å². The Balaban J connectivity index is 1.78. The second-order valence-electron chi connectivity index (χ2n) is 4.65. The number of tetrazole rings is 1. The Hall–Kier alpha value is -3.09. The van der Waals surface area contributed by atoms with Gasteiger partial charge in [0.15, 0.2) is 0 Å². The van der Waals surface area contributed by atoms with Crippen molar-refractivity contribution in [3.8, 4) is 11.4 Å². The van der Waals surface area contributed by atoms with Gasteiger partial charge in [0.05, 0.1) is 12.1 Å². The summed E-state index contributed by atoms with van der Waals surface area (Å²) in [6.07, 6.45) is 0. The summed E-state index contributed by atoms with van der Waals surface area (Å²) in [5.74, 6) is -0.881. The summed E-state index contributed by atoms with van der Waals surface area (Å²) in [5, 5.41) is 21.0. The summed E-state index contributed by atoms with van der Waals surface area (Å²) >= 11 is 0. The minimum Gasteiger partial charge on any atom is -0.478 e. The smallest absolute Gasteiger partial charge is 0.335 e. The molecule has 0 unspecified atom stereocenters. The Kier molecular flexibility index (Phi) is 3.61. The van der Waals surface area contributed by atoms with Crippen molar-refractivity contribution in [2.24, 2.45) is 0 Å². The summed E-state index contributed by atoms with van der Waals surface area (Å²) in [4.78, 5) is 12.2. The average Bonchev–Trinajstić information content (AvgIpc) is 2.98. The molecule has 0 spiro atoms. The van der Waals surface area contributed by atoms with E-state index >= 15 is 0 Å². The number of carboxylic acid groups (broad SMARTS) is 1. The zero-order chi connectivity index (χ0) is 15.5. The van der Waals surface area contributed by atoms with Crippen molar-refractivity contribution >= 4 is 5.97 Å². The van der Waals surface area contributed by atoms with Gasteiger partial charge in [-0.15, -0.1) is 10.2 Å². The fourth-order valence-corrected chi connectivity index (χ4v) is 1.94. The van der Waals surface area contributed by atoms with Gasteiger partial charge in [0, 0.05) is 5.56 Å². The highest BCUT2D eigenvalue weighted by Crippen LogP contribution is 2.15. The minimum atomic E-state index is -0.987. The molecule has 6 nitrogen and oxygen atoms in total. The Morgan fingerprint density at radius 3 is 2.41 bits per heavy atom. The average molecular weight is 298 g/mol. The van der Waals surface area contributed by atoms with Gasteiger partial charge in [0.1, 0.15) is 5.82 Å². The van der Waals surface area contributed by atoms with Gasteiger partial charge < -0.3 is 5.11 Å². The van der Waals surface area contributed by atoms with Crippen LogP contribution in [0, 0.1) is 5.82 Å². The van der Waals surface area contributed by atoms with E-state index in [1.165, 1.54) is 29.1 Å². The SMILES string of the molecule is O=C(O)c1ccc(-c2nnn(Cc3ccc(F)cc3)n2)cc1. The highest BCUT2D eigenvalue weighted by atomic mass is 19.1. The molecule has 3 aromatic rings. The number of halogens is 1. The number of aromatic carboxylic acids is 1. The largest absolute Gasteiger partial charge is 0.478 e. The van der Waals surface area contributed by atoms with Gasteiger partial charge in [-0.05, 0) is 35.0 Å². The minimum absolute atomic E-state index is 0.197. The van der Waals surface area contributed by atoms with Crippen LogP contribution in [0.5, 0.6) is 0 Å². The maximum absolute atomic E-state index is 12.8. The van der Waals surface area contributed by atoms with Crippen LogP contribution in [0.1, 0.15) is 15.9 Å². The van der Waals surface area contributed by atoms with Crippen LogP contribution in [0.4, 0.5) is 4.39 Å². The van der Waals surface area contributed by atoms with Crippen molar-refractivity contribution in [2.75, 3.05) is 0 Å². The number of rotatable bonds is 4. The van der Waals surface area contributed by atoms with E-state index in [1.807, 2.05) is 0 Å². The monoisotopic (exact) mass is 298 g/mol. The zero-order valence-corrected chi connectivity index (χ0v) is 11.3. The predicted molar refractivity (Wildman–Crippen MR) is 75.7 cm³/mol. The van der Waals surface area contributed by atoms with Crippen molar-refractivity contribution < 1.29 is 14.3 Å². The fraction of sp³-hybridized carbons (Fsp3) is 0.0667. The van der Waals surface area contributed by atoms with Gasteiger partial charge in [-0.1, -0.05) is 24.3 Å². The zero-order valence-electron chi connectivity index (χ0n) is 11.3. The van der Waals surface area contributed by atoms with E-state index in [-0.39, 0.29) is 11.4 Å². The van der Waals surface area contributed by atoms with Crippen molar-refractivity contribution in [1.82, 2.24) is 20.2 Å². The molecular weight excluding hydrogens is 287 g/mol. The van der Waals surface area contributed by atoms with Gasteiger partial charge >= 0.3 is 5.97 Å². The van der Waals surface area contributed by atoms with Crippen LogP contribution in [0.15, 0.2) is 48.5 Å². The van der Waals surface area contributed by atoms with E-state index in [4.69, 9.17) is 5.11 Å². The second-order valence-corrected chi connectivity index (χ2v) is 4.65. The molecule has 7 heteroatoms. The molecule has 0 atom stereocenters. The van der Waals surface area contributed by atoms with Crippen molar-refractivity contribution in [1.29, 1.82) is 0 Å². The predicted octanol–water partition coefficient (Wildman–Crippen LogP) is 2.23. The van der Waals surface area contributed by atoms with Gasteiger partial charge in [-0.3, -0.25) is 0 Å². The molecule has 0 saturated carbocycles. The van der Waals surface area contributed by atoms with Crippen LogP contribution in [-0.2, 0) is 6.54 Å². The molecule has 0 aliphatic rings. The van der Waals surface area contributed by atoms with E-state index in [0.717, 1.165) is 5.56 Å². The Bertz CT molecular complexity index is 797. The van der Waals surface area contributed by atoms with Gasteiger partial charge in [0.25, 0.3) is 0 Å². The van der Waals surface area contributed by atoms with Crippen LogP contribution >= 0.6 is 0 Å². The number of carboxylic acids is 1. The molecule has 0 aliphatic carbocycles. The third-order valence-electron chi connectivity index (χ3n) is 3.08. The molecule has 1 N–H and O–H groups in total. The normalized spacial score (nSPS) is 10.6. The third-order valence-corrected chi connectivity index (χ3v) is 3.08. The lowest BCUT2D eigenvalue weighted by Crippen LogP contribution is -2.04. The van der Waals surface area contributed by atoms with E-state index in [1.54, 1.807) is 24.3 Å². The maximum Gasteiger partial charge on any atom is 0.335 e. The molecule has 0 bridgehead atoms. The summed E-state index contributed by atoms with van der Waals surface area (Å²) in [6, 6.07) is 12.3. The standard InChI is InChI=1S/C15H11FN4O2/c16-13-7-1-10(2-8-13)9-20-18-14(17-19-20)11-3-5-12(6-4-11)15(21)22/h1-8H,9H2,(H,21,22). The molecule has 110 valence electrons. The first-order valence-electron chi connectivity index (χ1n) is 6.48.